The van der Waals surface area contributed by atoms with Crippen LogP contribution < -0.4 is 24.4 Å². The van der Waals surface area contributed by atoms with Gasteiger partial charge >= 0.3 is 6.18 Å². The number of methoxy groups -OCH3 is 2. The zero-order valence-corrected chi connectivity index (χ0v) is 23.6. The predicted molar refractivity (Wildman–Crippen MR) is 146 cm³/mol. The molecule has 0 spiro atoms. The van der Waals surface area contributed by atoms with Gasteiger partial charge in [0.15, 0.2) is 9.84 Å². The van der Waals surface area contributed by atoms with Gasteiger partial charge < -0.3 is 29.5 Å². The lowest BCUT2D eigenvalue weighted by atomic mass is 10.0. The van der Waals surface area contributed by atoms with Gasteiger partial charge in [0.25, 0.3) is 5.91 Å². The van der Waals surface area contributed by atoms with Crippen molar-refractivity contribution in [1.82, 2.24) is 0 Å². The SMILES string of the molecule is COc1cc(NC(C(=O)N2CCc3cc(OC)c(C(F)(F)F)cc32)c2ccc(F)cc2OCCO)cc(S(C)(=O)=O)c1. The Morgan fingerprint density at radius 1 is 1.07 bits per heavy atom. The number of hydrogen-bond acceptors (Lipinski definition) is 8. The topological polar surface area (TPSA) is 114 Å². The molecule has 4 rings (SSSR count). The first-order chi connectivity index (χ1) is 19.8. The van der Waals surface area contributed by atoms with E-state index >= 15 is 0 Å². The molecule has 3 aromatic rings. The van der Waals surface area contributed by atoms with E-state index < -0.39 is 46.0 Å². The number of aliphatic hydroxyl groups is 1. The number of ether oxygens (including phenoxy) is 3. The first-order valence-corrected chi connectivity index (χ1v) is 14.4. The molecule has 0 saturated carbocycles. The highest BCUT2D eigenvalue weighted by atomic mass is 32.2. The van der Waals surface area contributed by atoms with Crippen LogP contribution in [0.5, 0.6) is 17.2 Å². The Bertz CT molecular complexity index is 1600. The monoisotopic (exact) mass is 612 g/mol. The van der Waals surface area contributed by atoms with Gasteiger partial charge in [0.05, 0.1) is 31.3 Å². The zero-order chi connectivity index (χ0) is 30.8. The second-order valence-electron chi connectivity index (χ2n) is 9.42. The van der Waals surface area contributed by atoms with Crippen molar-refractivity contribution in [3.05, 3.63) is 71.0 Å². The van der Waals surface area contributed by atoms with E-state index in [-0.39, 0.29) is 58.7 Å². The fourth-order valence-electron chi connectivity index (χ4n) is 4.64. The molecule has 9 nitrogen and oxygen atoms in total. The molecule has 1 atom stereocenters. The fourth-order valence-corrected chi connectivity index (χ4v) is 5.31. The van der Waals surface area contributed by atoms with Crippen molar-refractivity contribution in [1.29, 1.82) is 0 Å². The normalized spacial score (nSPS) is 13.9. The van der Waals surface area contributed by atoms with E-state index in [0.29, 0.717) is 5.56 Å². The van der Waals surface area contributed by atoms with Crippen LogP contribution in [0.25, 0.3) is 0 Å². The van der Waals surface area contributed by atoms with Gasteiger partial charge in [0.2, 0.25) is 0 Å². The zero-order valence-electron chi connectivity index (χ0n) is 22.8. The Morgan fingerprint density at radius 3 is 2.43 bits per heavy atom. The van der Waals surface area contributed by atoms with Gasteiger partial charge in [-0.3, -0.25) is 4.79 Å². The van der Waals surface area contributed by atoms with Crippen molar-refractivity contribution in [2.24, 2.45) is 0 Å². The quantitative estimate of drug-likeness (QED) is 0.325. The number of carbonyl (C=O) groups excluding carboxylic acids is 1. The average Bonchev–Trinajstić information content (AvgIpc) is 3.36. The van der Waals surface area contributed by atoms with Crippen molar-refractivity contribution < 1.29 is 50.1 Å². The molecule has 1 aliphatic heterocycles. The van der Waals surface area contributed by atoms with Crippen molar-refractivity contribution in [3.8, 4) is 17.2 Å². The van der Waals surface area contributed by atoms with E-state index in [9.17, 15) is 35.9 Å². The maximum atomic E-state index is 14.2. The molecule has 1 aliphatic rings. The van der Waals surface area contributed by atoms with Crippen LogP contribution in [0.2, 0.25) is 0 Å². The molecule has 0 aromatic heterocycles. The molecule has 3 aromatic carbocycles. The van der Waals surface area contributed by atoms with E-state index in [4.69, 9.17) is 14.2 Å². The van der Waals surface area contributed by atoms with Crippen LogP contribution in [0.4, 0.5) is 28.9 Å². The van der Waals surface area contributed by atoms with Gasteiger partial charge in [-0.25, -0.2) is 12.8 Å². The van der Waals surface area contributed by atoms with Crippen LogP contribution in [-0.4, -0.2) is 59.7 Å². The maximum absolute atomic E-state index is 14.2. The number of amides is 1. The third kappa shape index (κ3) is 6.54. The molecule has 0 bridgehead atoms. The lowest BCUT2D eigenvalue weighted by Crippen LogP contribution is -2.37. The Kier molecular flexibility index (Phi) is 8.87. The number of nitrogens with zero attached hydrogens (tertiary/aromatic N) is 1. The standard InChI is InChI=1S/C28H28F4N2O7S/c1-39-19-12-18(13-20(14-19)42(3,37)38)33-26(21-5-4-17(29)11-24(21)41-9-8-35)27(36)34-7-6-16-10-25(40-2)22(15-23(16)34)28(30,31)32/h4-5,10-15,26,33,35H,6-9H2,1-3H3. The number of fused-ring (bicyclic) bond motifs is 1. The maximum Gasteiger partial charge on any atom is 0.420 e. The molecule has 226 valence electrons. The van der Waals surface area contributed by atoms with Crippen molar-refractivity contribution in [3.63, 3.8) is 0 Å². The number of halogens is 4. The number of rotatable bonds is 10. The number of aliphatic hydroxyl groups excluding tert-OH is 1. The van der Waals surface area contributed by atoms with Crippen LogP contribution in [-0.2, 0) is 27.2 Å². The van der Waals surface area contributed by atoms with Crippen LogP contribution in [0.15, 0.2) is 53.4 Å². The molecule has 2 N–H and O–H groups in total. The molecular formula is C28H28F4N2O7S. The minimum absolute atomic E-state index is 0.0160. The molecule has 42 heavy (non-hydrogen) atoms. The molecular weight excluding hydrogens is 584 g/mol. The fraction of sp³-hybridized carbons (Fsp3) is 0.321. The van der Waals surface area contributed by atoms with Crippen LogP contribution in [0.1, 0.15) is 22.7 Å². The Labute approximate surface area is 239 Å². The summed E-state index contributed by atoms with van der Waals surface area (Å²) in [5, 5.41) is 12.2. The Hall–Kier alpha value is -4.04. The van der Waals surface area contributed by atoms with Crippen molar-refractivity contribution in [2.45, 2.75) is 23.5 Å². The largest absolute Gasteiger partial charge is 0.497 e. The molecule has 1 heterocycles. The van der Waals surface area contributed by atoms with Gasteiger partial charge in [-0.05, 0) is 48.4 Å². The summed E-state index contributed by atoms with van der Waals surface area (Å²) < 4.78 is 96.0. The lowest BCUT2D eigenvalue weighted by Gasteiger charge is -2.28. The van der Waals surface area contributed by atoms with Crippen molar-refractivity contribution in [2.75, 3.05) is 50.5 Å². The third-order valence-corrected chi connectivity index (χ3v) is 7.70. The summed E-state index contributed by atoms with van der Waals surface area (Å²) in [4.78, 5) is 15.2. The average molecular weight is 613 g/mol. The Balaban J connectivity index is 1.86. The summed E-state index contributed by atoms with van der Waals surface area (Å²) in [6, 6.07) is 8.00. The van der Waals surface area contributed by atoms with Gasteiger partial charge in [0.1, 0.15) is 35.7 Å². The highest BCUT2D eigenvalue weighted by Crippen LogP contribution is 2.43. The summed E-state index contributed by atoms with van der Waals surface area (Å²) >= 11 is 0. The molecule has 1 amide bonds. The molecule has 0 aliphatic carbocycles. The second kappa shape index (κ2) is 12.1. The van der Waals surface area contributed by atoms with Gasteiger partial charge in [-0.1, -0.05) is 0 Å². The summed E-state index contributed by atoms with van der Waals surface area (Å²) in [7, 11) is -1.28. The van der Waals surface area contributed by atoms with Crippen LogP contribution in [0, 0.1) is 5.82 Å². The lowest BCUT2D eigenvalue weighted by molar-refractivity contribution is -0.138. The molecule has 14 heteroatoms. The van der Waals surface area contributed by atoms with E-state index in [1.54, 1.807) is 0 Å². The van der Waals surface area contributed by atoms with Gasteiger partial charge in [0, 0.05) is 41.9 Å². The highest BCUT2D eigenvalue weighted by Gasteiger charge is 2.39. The summed E-state index contributed by atoms with van der Waals surface area (Å²) in [5.41, 5.74) is -0.384. The molecule has 0 radical (unpaired) electrons. The first kappa shape index (κ1) is 30.9. The van der Waals surface area contributed by atoms with E-state index in [0.717, 1.165) is 31.6 Å². The van der Waals surface area contributed by atoms with Gasteiger partial charge in [-0.15, -0.1) is 0 Å². The number of nitrogens with one attached hydrogen (secondary N) is 1. The number of sulfone groups is 1. The molecule has 0 saturated heterocycles. The van der Waals surface area contributed by atoms with Gasteiger partial charge in [-0.2, -0.15) is 13.2 Å². The first-order valence-electron chi connectivity index (χ1n) is 12.5. The van der Waals surface area contributed by atoms with Crippen LogP contribution in [0.3, 0.4) is 0 Å². The second-order valence-corrected chi connectivity index (χ2v) is 11.4. The smallest absolute Gasteiger partial charge is 0.420 e. The van der Waals surface area contributed by atoms with E-state index in [1.165, 1.54) is 42.3 Å². The summed E-state index contributed by atoms with van der Waals surface area (Å²) in [6.07, 6.45) is -3.54. The van der Waals surface area contributed by atoms with E-state index in [2.05, 4.69) is 5.32 Å². The van der Waals surface area contributed by atoms with Crippen molar-refractivity contribution >= 4 is 27.1 Å². The number of benzene rings is 3. The number of carbonyl (C=O) groups is 1. The van der Waals surface area contributed by atoms with E-state index in [1.807, 2.05) is 0 Å². The number of hydrogen-bond donors (Lipinski definition) is 2. The van der Waals surface area contributed by atoms with Crippen LogP contribution >= 0.6 is 0 Å². The third-order valence-electron chi connectivity index (χ3n) is 6.61. The number of anilines is 2. The highest BCUT2D eigenvalue weighted by molar-refractivity contribution is 7.90. The predicted octanol–water partition coefficient (Wildman–Crippen LogP) is 4.38. The summed E-state index contributed by atoms with van der Waals surface area (Å²) in [6.45, 7) is -0.634. The molecule has 0 fully saturated rings. The summed E-state index contributed by atoms with van der Waals surface area (Å²) in [5.74, 6) is -1.77. The molecule has 1 unspecified atom stereocenters. The number of alkyl halides is 3. The minimum Gasteiger partial charge on any atom is -0.497 e. The minimum atomic E-state index is -4.76. The Morgan fingerprint density at radius 2 is 1.81 bits per heavy atom.